The SMILES string of the molecule is CC[C@H](Oc1cc(C)ccc1C)C(=O)NCCCc1ccc(C)cc1. The molecule has 1 atom stereocenters. The number of hydrogen-bond acceptors (Lipinski definition) is 2. The molecule has 3 nitrogen and oxygen atoms in total. The molecule has 0 aliphatic heterocycles. The molecule has 2 aromatic rings. The zero-order valence-corrected chi connectivity index (χ0v) is 15.8. The van der Waals surface area contributed by atoms with Gasteiger partial charge in [-0.05, 0) is 62.8 Å². The predicted octanol–water partition coefficient (Wildman–Crippen LogP) is 4.52. The van der Waals surface area contributed by atoms with E-state index in [1.165, 1.54) is 11.1 Å². The Morgan fingerprint density at radius 3 is 2.40 bits per heavy atom. The number of benzene rings is 2. The summed E-state index contributed by atoms with van der Waals surface area (Å²) in [5.74, 6) is 0.758. The summed E-state index contributed by atoms with van der Waals surface area (Å²) in [7, 11) is 0. The largest absolute Gasteiger partial charge is 0.480 e. The second-order valence-electron chi connectivity index (χ2n) is 6.66. The standard InChI is InChI=1S/C22H29NO2/c1-5-20(25-21-15-17(3)8-11-18(21)4)22(24)23-14-6-7-19-12-9-16(2)10-13-19/h8-13,15,20H,5-7,14H2,1-4H3,(H,23,24)/t20-/m0/s1. The number of amides is 1. The molecule has 3 heteroatoms. The molecule has 1 N–H and O–H groups in total. The summed E-state index contributed by atoms with van der Waals surface area (Å²) in [5.41, 5.74) is 4.76. The van der Waals surface area contributed by atoms with Crippen LogP contribution in [-0.4, -0.2) is 18.6 Å². The third-order valence-corrected chi connectivity index (χ3v) is 4.34. The number of rotatable bonds is 8. The highest BCUT2D eigenvalue weighted by molar-refractivity contribution is 5.81. The van der Waals surface area contributed by atoms with Gasteiger partial charge in [0.2, 0.25) is 0 Å². The van der Waals surface area contributed by atoms with Gasteiger partial charge in [0.05, 0.1) is 0 Å². The van der Waals surface area contributed by atoms with E-state index in [0.717, 1.165) is 29.7 Å². The molecule has 0 saturated heterocycles. The van der Waals surface area contributed by atoms with Crippen LogP contribution < -0.4 is 10.1 Å². The third-order valence-electron chi connectivity index (χ3n) is 4.34. The fourth-order valence-corrected chi connectivity index (χ4v) is 2.68. The van der Waals surface area contributed by atoms with Crippen molar-refractivity contribution in [3.63, 3.8) is 0 Å². The molecule has 0 radical (unpaired) electrons. The molecule has 2 aromatic carbocycles. The molecule has 0 saturated carbocycles. The smallest absolute Gasteiger partial charge is 0.261 e. The van der Waals surface area contributed by atoms with Crippen molar-refractivity contribution >= 4 is 5.91 Å². The zero-order valence-electron chi connectivity index (χ0n) is 15.8. The van der Waals surface area contributed by atoms with Gasteiger partial charge in [-0.2, -0.15) is 0 Å². The van der Waals surface area contributed by atoms with Crippen molar-refractivity contribution in [2.45, 2.75) is 53.1 Å². The topological polar surface area (TPSA) is 38.3 Å². The van der Waals surface area contributed by atoms with E-state index in [0.29, 0.717) is 13.0 Å². The van der Waals surface area contributed by atoms with Crippen molar-refractivity contribution in [1.29, 1.82) is 0 Å². The summed E-state index contributed by atoms with van der Waals surface area (Å²) < 4.78 is 5.95. The highest BCUT2D eigenvalue weighted by atomic mass is 16.5. The van der Waals surface area contributed by atoms with Crippen LogP contribution in [0, 0.1) is 20.8 Å². The van der Waals surface area contributed by atoms with Crippen LogP contribution in [0.25, 0.3) is 0 Å². The third kappa shape index (κ3) is 5.93. The minimum absolute atomic E-state index is 0.0349. The molecule has 0 aliphatic rings. The summed E-state index contributed by atoms with van der Waals surface area (Å²) in [6, 6.07) is 14.6. The van der Waals surface area contributed by atoms with Crippen molar-refractivity contribution < 1.29 is 9.53 Å². The van der Waals surface area contributed by atoms with Crippen LogP contribution in [-0.2, 0) is 11.2 Å². The first kappa shape index (κ1) is 19.0. The predicted molar refractivity (Wildman–Crippen MR) is 103 cm³/mol. The van der Waals surface area contributed by atoms with Crippen LogP contribution in [0.3, 0.4) is 0 Å². The second-order valence-corrected chi connectivity index (χ2v) is 6.66. The molecule has 0 aromatic heterocycles. The lowest BCUT2D eigenvalue weighted by atomic mass is 10.1. The maximum absolute atomic E-state index is 12.4. The highest BCUT2D eigenvalue weighted by Crippen LogP contribution is 2.21. The lowest BCUT2D eigenvalue weighted by Crippen LogP contribution is -2.38. The van der Waals surface area contributed by atoms with Crippen LogP contribution in [0.4, 0.5) is 0 Å². The van der Waals surface area contributed by atoms with E-state index in [1.807, 2.05) is 39.0 Å². The summed E-state index contributed by atoms with van der Waals surface area (Å²) in [4.78, 5) is 12.4. The van der Waals surface area contributed by atoms with Gasteiger partial charge in [0.1, 0.15) is 5.75 Å². The first-order valence-corrected chi connectivity index (χ1v) is 9.06. The van der Waals surface area contributed by atoms with Gasteiger partial charge in [0.25, 0.3) is 5.91 Å². The fraction of sp³-hybridized carbons (Fsp3) is 0.409. The van der Waals surface area contributed by atoms with Crippen molar-refractivity contribution in [3.8, 4) is 5.75 Å². The molecule has 1 amide bonds. The molecule has 0 unspecified atom stereocenters. The Labute approximate surface area is 151 Å². The first-order valence-electron chi connectivity index (χ1n) is 9.06. The van der Waals surface area contributed by atoms with Crippen LogP contribution in [0.1, 0.15) is 42.0 Å². The first-order chi connectivity index (χ1) is 12.0. The highest BCUT2D eigenvalue weighted by Gasteiger charge is 2.18. The van der Waals surface area contributed by atoms with Gasteiger partial charge in [-0.1, -0.05) is 48.9 Å². The molecule has 0 heterocycles. The molecule has 0 spiro atoms. The van der Waals surface area contributed by atoms with Gasteiger partial charge in [0, 0.05) is 6.54 Å². The molecule has 134 valence electrons. The average molecular weight is 339 g/mol. The van der Waals surface area contributed by atoms with E-state index in [1.54, 1.807) is 0 Å². The van der Waals surface area contributed by atoms with Crippen molar-refractivity contribution in [2.24, 2.45) is 0 Å². The summed E-state index contributed by atoms with van der Waals surface area (Å²) >= 11 is 0. The Morgan fingerprint density at radius 1 is 1.04 bits per heavy atom. The van der Waals surface area contributed by atoms with Gasteiger partial charge < -0.3 is 10.1 Å². The minimum Gasteiger partial charge on any atom is -0.480 e. The van der Waals surface area contributed by atoms with Crippen molar-refractivity contribution in [2.75, 3.05) is 6.54 Å². The normalized spacial score (nSPS) is 11.8. The molecule has 25 heavy (non-hydrogen) atoms. The Hall–Kier alpha value is -2.29. The van der Waals surface area contributed by atoms with Gasteiger partial charge >= 0.3 is 0 Å². The van der Waals surface area contributed by atoms with Gasteiger partial charge in [-0.3, -0.25) is 4.79 Å². The number of hydrogen-bond donors (Lipinski definition) is 1. The van der Waals surface area contributed by atoms with E-state index in [4.69, 9.17) is 4.74 Å². The molecular formula is C22H29NO2. The van der Waals surface area contributed by atoms with Gasteiger partial charge in [-0.25, -0.2) is 0 Å². The number of nitrogens with one attached hydrogen (secondary N) is 1. The molecule has 0 aliphatic carbocycles. The number of ether oxygens (including phenoxy) is 1. The minimum atomic E-state index is -0.445. The van der Waals surface area contributed by atoms with Crippen LogP contribution >= 0.6 is 0 Å². The molecule has 2 rings (SSSR count). The number of carbonyl (C=O) groups excluding carboxylic acids is 1. The maximum atomic E-state index is 12.4. The van der Waals surface area contributed by atoms with E-state index in [-0.39, 0.29) is 5.91 Å². The lowest BCUT2D eigenvalue weighted by molar-refractivity contribution is -0.128. The molecule has 0 bridgehead atoms. The summed E-state index contributed by atoms with van der Waals surface area (Å²) in [6.07, 6.45) is 2.10. The molecule has 0 fully saturated rings. The Kier molecular flexibility index (Phi) is 7.05. The van der Waals surface area contributed by atoms with E-state index < -0.39 is 6.10 Å². The van der Waals surface area contributed by atoms with Gasteiger partial charge in [-0.15, -0.1) is 0 Å². The fourth-order valence-electron chi connectivity index (χ4n) is 2.68. The van der Waals surface area contributed by atoms with Gasteiger partial charge in [0.15, 0.2) is 6.10 Å². The average Bonchev–Trinajstić information content (AvgIpc) is 2.60. The zero-order chi connectivity index (χ0) is 18.2. The quantitative estimate of drug-likeness (QED) is 0.718. The summed E-state index contributed by atoms with van der Waals surface area (Å²) in [6.45, 7) is 8.76. The Bertz CT molecular complexity index is 692. The monoisotopic (exact) mass is 339 g/mol. The van der Waals surface area contributed by atoms with E-state index in [9.17, 15) is 4.79 Å². The summed E-state index contributed by atoms with van der Waals surface area (Å²) in [5, 5.41) is 3.01. The van der Waals surface area contributed by atoms with Crippen molar-refractivity contribution in [3.05, 3.63) is 64.7 Å². The number of aryl methyl sites for hydroxylation is 4. The van der Waals surface area contributed by atoms with Crippen LogP contribution in [0.15, 0.2) is 42.5 Å². The Balaban J connectivity index is 1.81. The maximum Gasteiger partial charge on any atom is 0.261 e. The Morgan fingerprint density at radius 2 is 1.72 bits per heavy atom. The molecular weight excluding hydrogens is 310 g/mol. The van der Waals surface area contributed by atoms with Crippen LogP contribution in [0.5, 0.6) is 5.75 Å². The second kappa shape index (κ2) is 9.26. The van der Waals surface area contributed by atoms with Crippen molar-refractivity contribution in [1.82, 2.24) is 5.32 Å². The lowest BCUT2D eigenvalue weighted by Gasteiger charge is -2.19. The van der Waals surface area contributed by atoms with E-state index in [2.05, 4.69) is 36.5 Å². The van der Waals surface area contributed by atoms with E-state index >= 15 is 0 Å². The number of carbonyl (C=O) groups is 1. The van der Waals surface area contributed by atoms with Crippen LogP contribution in [0.2, 0.25) is 0 Å².